The van der Waals surface area contributed by atoms with Gasteiger partial charge in [0.25, 0.3) is 5.91 Å². The zero-order chi connectivity index (χ0) is 29.5. The van der Waals surface area contributed by atoms with Crippen molar-refractivity contribution in [1.82, 2.24) is 20.1 Å². The number of ether oxygens (including phenoxy) is 3. The van der Waals surface area contributed by atoms with Crippen LogP contribution in [0.4, 0.5) is 4.79 Å². The van der Waals surface area contributed by atoms with Crippen LogP contribution < -0.4 is 14.8 Å². The van der Waals surface area contributed by atoms with Crippen LogP contribution in [0, 0.1) is 0 Å². The predicted molar refractivity (Wildman–Crippen MR) is 148 cm³/mol. The van der Waals surface area contributed by atoms with Crippen molar-refractivity contribution in [3.8, 4) is 11.5 Å². The number of piperazine rings is 1. The molecule has 41 heavy (non-hydrogen) atoms. The van der Waals surface area contributed by atoms with Gasteiger partial charge in [0.2, 0.25) is 5.91 Å². The molecular weight excluding hydrogens is 532 g/mol. The number of hydrogen-bond acceptors (Lipinski definition) is 8. The number of nitrogens with zero attached hydrogens (tertiary/aromatic N) is 3. The van der Waals surface area contributed by atoms with Gasteiger partial charge < -0.3 is 34.4 Å². The van der Waals surface area contributed by atoms with Crippen molar-refractivity contribution in [2.45, 2.75) is 19.4 Å². The van der Waals surface area contributed by atoms with Crippen LogP contribution in [0.25, 0.3) is 10.9 Å². The van der Waals surface area contributed by atoms with E-state index in [0.29, 0.717) is 16.8 Å². The number of para-hydroxylation sites is 2. The Balaban J connectivity index is 1.63. The fourth-order valence-corrected chi connectivity index (χ4v) is 4.78. The molecule has 1 aliphatic rings. The van der Waals surface area contributed by atoms with Crippen molar-refractivity contribution in [3.63, 3.8) is 0 Å². The fourth-order valence-electron chi connectivity index (χ4n) is 4.78. The number of pyridine rings is 1. The van der Waals surface area contributed by atoms with Gasteiger partial charge in [0, 0.05) is 44.1 Å². The highest BCUT2D eigenvalue weighted by Crippen LogP contribution is 2.27. The third kappa shape index (κ3) is 6.48. The number of benzene rings is 2. The van der Waals surface area contributed by atoms with E-state index in [-0.39, 0.29) is 56.2 Å². The molecular formula is C29H32N4O8. The first-order chi connectivity index (χ1) is 19.8. The predicted octanol–water partition coefficient (Wildman–Crippen LogP) is 2.59. The van der Waals surface area contributed by atoms with Gasteiger partial charge in [0.15, 0.2) is 0 Å². The minimum atomic E-state index is -1.18. The molecule has 3 aromatic rings. The first kappa shape index (κ1) is 29.1. The molecule has 216 valence electrons. The summed E-state index contributed by atoms with van der Waals surface area (Å²) in [4.78, 5) is 58.7. The van der Waals surface area contributed by atoms with E-state index < -0.39 is 29.9 Å². The summed E-state index contributed by atoms with van der Waals surface area (Å²) >= 11 is 0. The first-order valence-electron chi connectivity index (χ1n) is 13.1. The number of rotatable bonds is 9. The average Bonchev–Trinajstić information content (AvgIpc) is 2.99. The molecule has 1 saturated heterocycles. The summed E-state index contributed by atoms with van der Waals surface area (Å²) in [6.45, 7) is 2.98. The van der Waals surface area contributed by atoms with Crippen LogP contribution in [0.15, 0.2) is 48.5 Å². The average molecular weight is 565 g/mol. The van der Waals surface area contributed by atoms with Gasteiger partial charge in [-0.15, -0.1) is 0 Å². The summed E-state index contributed by atoms with van der Waals surface area (Å²) in [7, 11) is 2.84. The van der Waals surface area contributed by atoms with Crippen molar-refractivity contribution in [2.24, 2.45) is 0 Å². The Hall–Kier alpha value is -4.87. The van der Waals surface area contributed by atoms with Crippen LogP contribution in [-0.4, -0.2) is 96.8 Å². The molecule has 12 heteroatoms. The number of carboxylic acids is 1. The fraction of sp³-hybridized carbons (Fsp3) is 0.345. The third-order valence-corrected chi connectivity index (χ3v) is 6.81. The minimum Gasteiger partial charge on any atom is -0.496 e. The number of carbonyl (C=O) groups excluding carboxylic acids is 3. The maximum Gasteiger partial charge on any atom is 0.409 e. The highest BCUT2D eigenvalue weighted by molar-refractivity contribution is 5.99. The lowest BCUT2D eigenvalue weighted by Gasteiger charge is -2.36. The second kappa shape index (κ2) is 13.0. The minimum absolute atomic E-state index is 0.0440. The molecule has 0 bridgehead atoms. The maximum atomic E-state index is 13.8. The smallest absolute Gasteiger partial charge is 0.409 e. The Bertz CT molecular complexity index is 1450. The van der Waals surface area contributed by atoms with Crippen molar-refractivity contribution in [3.05, 3.63) is 65.4 Å². The molecule has 0 spiro atoms. The van der Waals surface area contributed by atoms with Gasteiger partial charge in [0.1, 0.15) is 28.8 Å². The van der Waals surface area contributed by atoms with Gasteiger partial charge in [-0.25, -0.2) is 14.6 Å². The van der Waals surface area contributed by atoms with Gasteiger partial charge in [-0.1, -0.05) is 24.3 Å². The van der Waals surface area contributed by atoms with Crippen molar-refractivity contribution in [1.29, 1.82) is 0 Å². The SMILES string of the molecule is CCOC(=O)N1CCN(C(=O)C(Cc2cccc(C(=O)O)c2OC)NC(=O)c2cc(OC)c3ccccc3n2)CC1. The Morgan fingerprint density at radius 1 is 0.976 bits per heavy atom. The largest absolute Gasteiger partial charge is 0.496 e. The second-order valence-corrected chi connectivity index (χ2v) is 9.27. The van der Waals surface area contributed by atoms with E-state index in [4.69, 9.17) is 14.2 Å². The molecule has 0 saturated carbocycles. The van der Waals surface area contributed by atoms with Gasteiger partial charge in [-0.2, -0.15) is 0 Å². The van der Waals surface area contributed by atoms with Gasteiger partial charge in [-0.05, 0) is 30.7 Å². The molecule has 3 amide bonds. The first-order valence-corrected chi connectivity index (χ1v) is 13.1. The lowest BCUT2D eigenvalue weighted by molar-refractivity contribution is -0.134. The van der Waals surface area contributed by atoms with E-state index in [1.54, 1.807) is 36.1 Å². The summed E-state index contributed by atoms with van der Waals surface area (Å²) in [6, 6.07) is 12.2. The highest BCUT2D eigenvalue weighted by Gasteiger charge is 2.32. The van der Waals surface area contributed by atoms with Crippen LogP contribution in [0.1, 0.15) is 33.3 Å². The molecule has 4 rings (SSSR count). The summed E-state index contributed by atoms with van der Waals surface area (Å²) < 4.78 is 15.9. The molecule has 1 fully saturated rings. The van der Waals surface area contributed by atoms with Crippen molar-refractivity contribution < 1.29 is 38.5 Å². The van der Waals surface area contributed by atoms with Crippen LogP contribution >= 0.6 is 0 Å². The van der Waals surface area contributed by atoms with Gasteiger partial charge in [0.05, 0.1) is 26.3 Å². The highest BCUT2D eigenvalue weighted by atomic mass is 16.6. The Morgan fingerprint density at radius 3 is 2.34 bits per heavy atom. The number of carboxylic acid groups (broad SMARTS) is 1. The Morgan fingerprint density at radius 2 is 1.68 bits per heavy atom. The number of aromatic nitrogens is 1. The standard InChI is InChI=1S/C29H32N4O8/c1-4-41-29(38)33-14-12-32(13-15-33)27(35)23(16-18-8-7-10-20(28(36)37)25(18)40-3)31-26(34)22-17-24(39-2)19-9-5-6-11-21(19)30-22/h5-11,17,23H,4,12-16H2,1-3H3,(H,31,34)(H,36,37). The topological polar surface area (TPSA) is 148 Å². The van der Waals surface area contributed by atoms with Crippen molar-refractivity contribution in [2.75, 3.05) is 47.0 Å². The van der Waals surface area contributed by atoms with Crippen molar-refractivity contribution >= 4 is 34.8 Å². The second-order valence-electron chi connectivity index (χ2n) is 9.27. The lowest BCUT2D eigenvalue weighted by atomic mass is 10.00. The van der Waals surface area contributed by atoms with Crippen LogP contribution in [-0.2, 0) is 16.0 Å². The molecule has 1 unspecified atom stereocenters. The number of aromatic carboxylic acids is 1. The number of fused-ring (bicyclic) bond motifs is 1. The van der Waals surface area contributed by atoms with Crippen LogP contribution in [0.2, 0.25) is 0 Å². The molecule has 0 radical (unpaired) electrons. The van der Waals surface area contributed by atoms with E-state index in [2.05, 4.69) is 10.3 Å². The maximum absolute atomic E-state index is 13.8. The molecule has 1 aliphatic heterocycles. The molecule has 12 nitrogen and oxygen atoms in total. The summed E-state index contributed by atoms with van der Waals surface area (Å²) in [5, 5.41) is 13.1. The Kier molecular flexibility index (Phi) is 9.23. The van der Waals surface area contributed by atoms with E-state index in [0.717, 1.165) is 5.39 Å². The quantitative estimate of drug-likeness (QED) is 0.400. The molecule has 0 aliphatic carbocycles. The van der Waals surface area contributed by atoms with E-state index >= 15 is 0 Å². The summed E-state index contributed by atoms with van der Waals surface area (Å²) in [5.74, 6) is -1.62. The number of nitrogens with one attached hydrogen (secondary N) is 1. The summed E-state index contributed by atoms with van der Waals surface area (Å²) in [6.07, 6.45) is -0.492. The number of carbonyl (C=O) groups is 4. The van der Waals surface area contributed by atoms with E-state index in [1.165, 1.54) is 31.3 Å². The molecule has 2 aromatic carbocycles. The third-order valence-electron chi connectivity index (χ3n) is 6.81. The number of methoxy groups -OCH3 is 2. The van der Waals surface area contributed by atoms with Gasteiger partial charge in [-0.3, -0.25) is 9.59 Å². The van der Waals surface area contributed by atoms with Crippen LogP contribution in [0.5, 0.6) is 11.5 Å². The lowest BCUT2D eigenvalue weighted by Crippen LogP contribution is -2.56. The molecule has 2 heterocycles. The van der Waals surface area contributed by atoms with E-state index in [9.17, 15) is 24.3 Å². The summed E-state index contributed by atoms with van der Waals surface area (Å²) in [5.41, 5.74) is 0.967. The zero-order valence-corrected chi connectivity index (χ0v) is 23.1. The normalized spacial score (nSPS) is 13.8. The molecule has 2 N–H and O–H groups in total. The molecule has 1 aromatic heterocycles. The molecule has 1 atom stereocenters. The number of amides is 3. The van der Waals surface area contributed by atoms with Gasteiger partial charge >= 0.3 is 12.1 Å². The monoisotopic (exact) mass is 564 g/mol. The number of hydrogen-bond donors (Lipinski definition) is 2. The Labute approximate surface area is 236 Å². The zero-order valence-electron chi connectivity index (χ0n) is 23.1. The van der Waals surface area contributed by atoms with Crippen LogP contribution in [0.3, 0.4) is 0 Å². The van der Waals surface area contributed by atoms with E-state index in [1.807, 2.05) is 12.1 Å².